The molecule has 2 heterocycles. The first-order valence-corrected chi connectivity index (χ1v) is 15.5. The van der Waals surface area contributed by atoms with Crippen LogP contribution in [-0.4, -0.2) is 74.5 Å². The van der Waals surface area contributed by atoms with E-state index in [0.29, 0.717) is 53.2 Å². The van der Waals surface area contributed by atoms with Crippen LogP contribution >= 0.6 is 23.2 Å². The van der Waals surface area contributed by atoms with Crippen molar-refractivity contribution in [2.75, 3.05) is 41.0 Å². The maximum absolute atomic E-state index is 14.1. The number of rotatable bonds is 9. The zero-order valence-corrected chi connectivity index (χ0v) is 27.3. The Balaban J connectivity index is 1.65. The molecule has 0 saturated carbocycles. The minimum Gasteiger partial charge on any atom is -0.493 e. The SMILES string of the molecule is CCN1CCC(C(N)=O)(c2ccccc2)CC1C1(c2ccc(Cl)c(Cl)c2)CC(=O)N(C(=O)c2cc(OC)c(OC)c(OC)c2)C1. The molecule has 2 saturated heterocycles. The molecule has 2 fully saturated rings. The van der Waals surface area contributed by atoms with Crippen LogP contribution in [0.1, 0.15) is 47.7 Å². The molecule has 0 spiro atoms. The topological polar surface area (TPSA) is 111 Å². The third kappa shape index (κ3) is 5.62. The lowest BCUT2D eigenvalue weighted by Gasteiger charge is -2.52. The van der Waals surface area contributed by atoms with Gasteiger partial charge in [0.15, 0.2) is 11.5 Å². The Morgan fingerprint density at radius 3 is 2.16 bits per heavy atom. The summed E-state index contributed by atoms with van der Waals surface area (Å²) in [6.45, 7) is 3.32. The molecule has 3 amide bonds. The Morgan fingerprint density at radius 1 is 0.933 bits per heavy atom. The van der Waals surface area contributed by atoms with Gasteiger partial charge in [0.1, 0.15) is 0 Å². The summed E-state index contributed by atoms with van der Waals surface area (Å²) in [5, 5.41) is 0.704. The highest BCUT2D eigenvalue weighted by molar-refractivity contribution is 6.42. The van der Waals surface area contributed by atoms with E-state index < -0.39 is 22.6 Å². The minimum atomic E-state index is -0.974. The number of halogens is 2. The second kappa shape index (κ2) is 12.9. The van der Waals surface area contributed by atoms with Crippen LogP contribution < -0.4 is 19.9 Å². The van der Waals surface area contributed by atoms with Crippen molar-refractivity contribution in [1.82, 2.24) is 9.80 Å². The predicted molar refractivity (Wildman–Crippen MR) is 172 cm³/mol. The van der Waals surface area contributed by atoms with Crippen LogP contribution in [0.3, 0.4) is 0 Å². The zero-order valence-electron chi connectivity index (χ0n) is 25.8. The highest BCUT2D eigenvalue weighted by atomic mass is 35.5. The number of ether oxygens (including phenoxy) is 3. The van der Waals surface area contributed by atoms with Crippen molar-refractivity contribution < 1.29 is 28.6 Å². The first-order chi connectivity index (χ1) is 21.5. The van der Waals surface area contributed by atoms with Crippen molar-refractivity contribution in [1.29, 1.82) is 0 Å². The molecule has 3 aromatic carbocycles. The van der Waals surface area contributed by atoms with Gasteiger partial charge in [-0.3, -0.25) is 24.2 Å². The first kappa shape index (κ1) is 32.6. The number of benzene rings is 3. The summed E-state index contributed by atoms with van der Waals surface area (Å²) in [5.41, 5.74) is 6.08. The third-order valence-electron chi connectivity index (χ3n) is 9.51. The van der Waals surface area contributed by atoms with Crippen LogP contribution in [0, 0.1) is 0 Å². The maximum Gasteiger partial charge on any atom is 0.260 e. The fourth-order valence-electron chi connectivity index (χ4n) is 7.11. The van der Waals surface area contributed by atoms with Crippen LogP contribution in [0.5, 0.6) is 17.2 Å². The number of carbonyl (C=O) groups is 3. The summed E-state index contributed by atoms with van der Waals surface area (Å²) in [5.74, 6) is -0.371. The van der Waals surface area contributed by atoms with Crippen LogP contribution in [-0.2, 0) is 20.4 Å². The number of likely N-dealkylation sites (N-methyl/N-ethyl adjacent to an activating group) is 1. The zero-order chi connectivity index (χ0) is 32.5. The van der Waals surface area contributed by atoms with Crippen molar-refractivity contribution in [2.24, 2.45) is 5.73 Å². The fourth-order valence-corrected chi connectivity index (χ4v) is 7.41. The molecule has 2 N–H and O–H groups in total. The van der Waals surface area contributed by atoms with E-state index in [1.165, 1.54) is 38.4 Å². The molecule has 0 aliphatic carbocycles. The summed E-state index contributed by atoms with van der Waals surface area (Å²) < 4.78 is 16.4. The van der Waals surface area contributed by atoms with Gasteiger partial charge in [-0.1, -0.05) is 66.5 Å². The van der Waals surface area contributed by atoms with E-state index in [1.54, 1.807) is 12.1 Å². The highest BCUT2D eigenvalue weighted by Gasteiger charge is 2.58. The number of hydrogen-bond acceptors (Lipinski definition) is 7. The van der Waals surface area contributed by atoms with Crippen molar-refractivity contribution in [2.45, 2.75) is 43.1 Å². The van der Waals surface area contributed by atoms with Crippen molar-refractivity contribution in [3.05, 3.63) is 87.4 Å². The summed E-state index contributed by atoms with van der Waals surface area (Å²) in [4.78, 5) is 45.1. The standard InChI is InChI=1S/C34H37Cl2N3O6/c1-5-38-14-13-33(32(37)42,22-9-7-6-8-10-22)18-28(38)34(23-11-12-24(35)25(36)17-23)19-29(40)39(20-34)31(41)21-15-26(43-2)30(45-4)27(16-21)44-3/h6-12,15-17,28H,5,13-14,18-20H2,1-4H3,(H2,37,42). The number of carbonyl (C=O) groups excluding carboxylic acids is 3. The van der Waals surface area contributed by atoms with Gasteiger partial charge >= 0.3 is 0 Å². The van der Waals surface area contributed by atoms with Gasteiger partial charge in [0.25, 0.3) is 5.91 Å². The molecule has 3 atom stereocenters. The number of hydrogen-bond donors (Lipinski definition) is 1. The number of likely N-dealkylation sites (tertiary alicyclic amines) is 2. The second-order valence-corrected chi connectivity index (χ2v) is 12.4. The van der Waals surface area contributed by atoms with Crippen molar-refractivity contribution in [3.8, 4) is 17.2 Å². The third-order valence-corrected chi connectivity index (χ3v) is 10.2. The Labute approximate surface area is 273 Å². The second-order valence-electron chi connectivity index (χ2n) is 11.6. The summed E-state index contributed by atoms with van der Waals surface area (Å²) in [6.07, 6.45) is 0.877. The van der Waals surface area contributed by atoms with Gasteiger partial charge in [-0.15, -0.1) is 0 Å². The largest absolute Gasteiger partial charge is 0.493 e. The average Bonchev–Trinajstić information content (AvgIpc) is 3.42. The number of nitrogens with two attached hydrogens (primary N) is 1. The quantitative estimate of drug-likeness (QED) is 0.315. The predicted octanol–water partition coefficient (Wildman–Crippen LogP) is 5.24. The first-order valence-electron chi connectivity index (χ1n) is 14.7. The van der Waals surface area contributed by atoms with Gasteiger partial charge in [0.05, 0.1) is 36.8 Å². The Hall–Kier alpha value is -3.79. The molecule has 11 heteroatoms. The number of imide groups is 1. The van der Waals surface area contributed by atoms with E-state index in [9.17, 15) is 14.4 Å². The van der Waals surface area contributed by atoms with Gasteiger partial charge in [-0.2, -0.15) is 0 Å². The molecular weight excluding hydrogens is 617 g/mol. The molecule has 0 radical (unpaired) electrons. The lowest BCUT2D eigenvalue weighted by molar-refractivity contribution is -0.127. The Bertz CT molecular complexity index is 1590. The van der Waals surface area contributed by atoms with Crippen LogP contribution in [0.25, 0.3) is 0 Å². The van der Waals surface area contributed by atoms with E-state index >= 15 is 0 Å². The van der Waals surface area contributed by atoms with Crippen molar-refractivity contribution in [3.63, 3.8) is 0 Å². The van der Waals surface area contributed by atoms with Crippen molar-refractivity contribution >= 4 is 40.9 Å². The molecule has 0 bridgehead atoms. The van der Waals surface area contributed by atoms with E-state index in [1.807, 2.05) is 43.3 Å². The van der Waals surface area contributed by atoms with Gasteiger partial charge in [0.2, 0.25) is 17.6 Å². The average molecular weight is 655 g/mol. The molecule has 2 aliphatic heterocycles. The molecular formula is C34H37Cl2N3O6. The van der Waals surface area contributed by atoms with Crippen LogP contribution in [0.4, 0.5) is 0 Å². The summed E-state index contributed by atoms with van der Waals surface area (Å²) >= 11 is 12.9. The number of piperidine rings is 1. The van der Waals surface area contributed by atoms with E-state index in [-0.39, 0.29) is 30.5 Å². The monoisotopic (exact) mass is 653 g/mol. The summed E-state index contributed by atoms with van der Waals surface area (Å²) in [6, 6.07) is 17.6. The van der Waals surface area contributed by atoms with Crippen LogP contribution in [0.15, 0.2) is 60.7 Å². The Kier molecular flexibility index (Phi) is 9.35. The molecule has 0 aromatic heterocycles. The number of primary amides is 1. The van der Waals surface area contributed by atoms with Gasteiger partial charge in [0, 0.05) is 30.0 Å². The van der Waals surface area contributed by atoms with Gasteiger partial charge in [-0.05, 0) is 61.3 Å². The normalized spacial score (nSPS) is 23.6. The fraction of sp³-hybridized carbons (Fsp3) is 0.382. The molecule has 5 rings (SSSR count). The number of amides is 3. The van der Waals surface area contributed by atoms with Gasteiger partial charge < -0.3 is 19.9 Å². The Morgan fingerprint density at radius 2 is 1.60 bits per heavy atom. The molecule has 2 aliphatic rings. The molecule has 3 unspecified atom stereocenters. The molecule has 45 heavy (non-hydrogen) atoms. The van der Waals surface area contributed by atoms with Crippen LogP contribution in [0.2, 0.25) is 10.0 Å². The highest BCUT2D eigenvalue weighted by Crippen LogP contribution is 2.50. The lowest BCUT2D eigenvalue weighted by atomic mass is 9.61. The van der Waals surface area contributed by atoms with E-state index in [2.05, 4.69) is 4.90 Å². The maximum atomic E-state index is 14.1. The number of methoxy groups -OCH3 is 3. The number of nitrogens with zero attached hydrogens (tertiary/aromatic N) is 2. The molecule has 3 aromatic rings. The smallest absolute Gasteiger partial charge is 0.260 e. The van der Waals surface area contributed by atoms with E-state index in [4.69, 9.17) is 43.1 Å². The lowest BCUT2D eigenvalue weighted by Crippen LogP contribution is -2.61. The minimum absolute atomic E-state index is 0.00588. The summed E-state index contributed by atoms with van der Waals surface area (Å²) in [7, 11) is 4.40. The molecule has 9 nitrogen and oxygen atoms in total. The van der Waals surface area contributed by atoms with E-state index in [0.717, 1.165) is 11.1 Å². The molecule has 238 valence electrons. The van der Waals surface area contributed by atoms with Gasteiger partial charge in [-0.25, -0.2) is 0 Å².